The largest absolute Gasteiger partial charge is 0.333 e. The number of carbonyl (C=O) groups excluding carboxylic acids is 1. The van der Waals surface area contributed by atoms with E-state index >= 15 is 4.39 Å². The van der Waals surface area contributed by atoms with Crippen molar-refractivity contribution < 1.29 is 17.6 Å². The molecule has 6 nitrogen and oxygen atoms in total. The fourth-order valence-corrected chi connectivity index (χ4v) is 7.49. The van der Waals surface area contributed by atoms with Crippen molar-refractivity contribution in [1.82, 2.24) is 14.9 Å². The summed E-state index contributed by atoms with van der Waals surface area (Å²) >= 11 is 10.4. The summed E-state index contributed by atoms with van der Waals surface area (Å²) in [5.74, 6) is -0.996. The van der Waals surface area contributed by atoms with Crippen LogP contribution in [0, 0.1) is 0 Å². The number of benzene rings is 2. The van der Waals surface area contributed by atoms with Crippen molar-refractivity contribution >= 4 is 54.6 Å². The van der Waals surface area contributed by atoms with Gasteiger partial charge in [0, 0.05) is 45.8 Å². The molecule has 1 unspecified atom stereocenters. The van der Waals surface area contributed by atoms with Crippen LogP contribution in [0.25, 0.3) is 11.3 Å². The molecule has 1 aliphatic rings. The van der Waals surface area contributed by atoms with Gasteiger partial charge in [0.25, 0.3) is 10.9 Å². The predicted molar refractivity (Wildman–Crippen MR) is 146 cm³/mol. The third-order valence-electron chi connectivity index (χ3n) is 6.17. The van der Waals surface area contributed by atoms with Gasteiger partial charge in [-0.3, -0.25) is 9.78 Å². The number of hydrogen-bond donors (Lipinski definition) is 0. The van der Waals surface area contributed by atoms with Crippen LogP contribution < -0.4 is 0 Å². The van der Waals surface area contributed by atoms with Crippen LogP contribution in [-0.2, 0) is 21.3 Å². The molecule has 2 aromatic heterocycles. The molecule has 0 N–H and O–H groups in total. The first-order chi connectivity index (χ1) is 17.7. The summed E-state index contributed by atoms with van der Waals surface area (Å²) in [6.45, 7) is -0.754. The molecule has 1 fully saturated rings. The molecule has 1 atom stereocenters. The monoisotopic (exact) mass is 619 g/mol. The van der Waals surface area contributed by atoms with Crippen LogP contribution in [0.5, 0.6) is 0 Å². The molecule has 37 heavy (non-hydrogen) atoms. The minimum atomic E-state index is -4.21. The third kappa shape index (κ3) is 5.07. The van der Waals surface area contributed by atoms with E-state index in [4.69, 9.17) is 11.6 Å². The van der Waals surface area contributed by atoms with Crippen molar-refractivity contribution in [3.63, 3.8) is 0 Å². The van der Waals surface area contributed by atoms with Crippen molar-refractivity contribution in [2.75, 3.05) is 18.8 Å². The van der Waals surface area contributed by atoms with E-state index in [2.05, 4.69) is 25.9 Å². The van der Waals surface area contributed by atoms with E-state index in [1.165, 1.54) is 17.2 Å². The molecular formula is C26H20BrClFN3O3S2. The number of nitrogens with zero attached hydrogens (tertiary/aromatic N) is 3. The zero-order valence-electron chi connectivity index (χ0n) is 19.3. The molecule has 4 aromatic rings. The van der Waals surface area contributed by atoms with E-state index in [9.17, 15) is 13.2 Å². The lowest BCUT2D eigenvalue weighted by molar-refractivity contribution is 0.0666. The molecule has 0 aliphatic carbocycles. The van der Waals surface area contributed by atoms with Crippen LogP contribution in [0.2, 0.25) is 5.02 Å². The Bertz CT molecular complexity index is 1580. The van der Waals surface area contributed by atoms with Crippen LogP contribution in [0.1, 0.15) is 25.8 Å². The Hall–Kier alpha value is -2.66. The Balaban J connectivity index is 1.42. The SMILES string of the molecule is O=C(c1ccc(Br)c(Cl)c1)N1CCS(=O)(=O)C(F)(c2ncc(Cc3ccccc3-c3ccccn3)s2)C1. The number of aromatic nitrogens is 2. The molecule has 1 amide bonds. The van der Waals surface area contributed by atoms with Crippen molar-refractivity contribution in [1.29, 1.82) is 0 Å². The van der Waals surface area contributed by atoms with Crippen LogP contribution in [0.4, 0.5) is 4.39 Å². The van der Waals surface area contributed by atoms with Gasteiger partial charge in [0.1, 0.15) is 5.01 Å². The average Bonchev–Trinajstić information content (AvgIpc) is 3.37. The molecular weight excluding hydrogens is 601 g/mol. The van der Waals surface area contributed by atoms with Gasteiger partial charge in [-0.1, -0.05) is 41.9 Å². The summed E-state index contributed by atoms with van der Waals surface area (Å²) in [7, 11) is -4.21. The predicted octanol–water partition coefficient (Wildman–Crippen LogP) is 5.90. The van der Waals surface area contributed by atoms with Gasteiger partial charge in [0.2, 0.25) is 0 Å². The standard InChI is InChI=1S/C26H20BrClFN3O3S2/c27-21-9-8-18(14-22(21)28)24(33)32-11-12-37(34,35)26(29,16-32)25-31-15-19(36-25)13-17-5-1-2-6-20(17)23-7-3-4-10-30-23/h1-10,14-15H,11-13,16H2. The molecule has 0 spiro atoms. The molecule has 1 aliphatic heterocycles. The maximum Gasteiger partial charge on any atom is 0.278 e. The number of rotatable bonds is 5. The number of sulfone groups is 1. The van der Waals surface area contributed by atoms with Crippen LogP contribution in [0.3, 0.4) is 0 Å². The summed E-state index contributed by atoms with van der Waals surface area (Å²) in [5.41, 5.74) is 2.95. The number of thiazole rings is 1. The van der Waals surface area contributed by atoms with E-state index in [-0.39, 0.29) is 17.1 Å². The van der Waals surface area contributed by atoms with Gasteiger partial charge >= 0.3 is 0 Å². The fraction of sp³-hybridized carbons (Fsp3) is 0.192. The van der Waals surface area contributed by atoms with Gasteiger partial charge in [-0.2, -0.15) is 0 Å². The summed E-state index contributed by atoms with van der Waals surface area (Å²) in [6, 6.07) is 18.0. The van der Waals surface area contributed by atoms with Gasteiger partial charge in [-0.25, -0.2) is 17.8 Å². The highest BCUT2D eigenvalue weighted by Crippen LogP contribution is 2.40. The maximum atomic E-state index is 16.4. The van der Waals surface area contributed by atoms with Gasteiger partial charge in [0.05, 0.1) is 23.0 Å². The quantitative estimate of drug-likeness (QED) is 0.277. The first-order valence-electron chi connectivity index (χ1n) is 11.3. The third-order valence-corrected chi connectivity index (χ3v) is 10.7. The minimum absolute atomic E-state index is 0.115. The molecule has 5 rings (SSSR count). The topological polar surface area (TPSA) is 80.2 Å². The summed E-state index contributed by atoms with van der Waals surface area (Å²) in [4.78, 5) is 23.6. The Morgan fingerprint density at radius 2 is 1.92 bits per heavy atom. The molecule has 1 saturated heterocycles. The molecule has 2 aromatic carbocycles. The molecule has 190 valence electrons. The molecule has 0 radical (unpaired) electrons. The molecule has 0 saturated carbocycles. The van der Waals surface area contributed by atoms with Gasteiger partial charge < -0.3 is 4.90 Å². The van der Waals surface area contributed by atoms with Gasteiger partial charge in [0.15, 0.2) is 9.84 Å². The van der Waals surface area contributed by atoms with Crippen molar-refractivity contribution in [2.45, 2.75) is 11.4 Å². The van der Waals surface area contributed by atoms with Crippen LogP contribution in [-0.4, -0.2) is 48.0 Å². The van der Waals surface area contributed by atoms with Crippen LogP contribution >= 0.6 is 38.9 Å². The zero-order chi connectivity index (χ0) is 26.2. The number of alkyl halides is 1. The van der Waals surface area contributed by atoms with E-state index in [1.807, 2.05) is 42.5 Å². The Morgan fingerprint density at radius 3 is 2.68 bits per heavy atom. The second-order valence-corrected chi connectivity index (χ2v) is 13.2. The van der Waals surface area contributed by atoms with Crippen molar-refractivity contribution in [3.8, 4) is 11.3 Å². The maximum absolute atomic E-state index is 16.4. The highest BCUT2D eigenvalue weighted by atomic mass is 79.9. The minimum Gasteiger partial charge on any atom is -0.333 e. The number of carbonyl (C=O) groups is 1. The fourth-order valence-electron chi connectivity index (χ4n) is 4.20. The normalized spacial score (nSPS) is 19.1. The number of amides is 1. The molecule has 11 heteroatoms. The van der Waals surface area contributed by atoms with Crippen molar-refractivity contribution in [2.24, 2.45) is 0 Å². The van der Waals surface area contributed by atoms with E-state index in [0.717, 1.165) is 28.2 Å². The summed E-state index contributed by atoms with van der Waals surface area (Å²) in [6.07, 6.45) is 3.65. The lowest BCUT2D eigenvalue weighted by atomic mass is 10.0. The smallest absolute Gasteiger partial charge is 0.278 e. The Morgan fingerprint density at radius 1 is 1.14 bits per heavy atom. The van der Waals surface area contributed by atoms with Crippen LogP contribution in [0.15, 0.2) is 77.5 Å². The average molecular weight is 621 g/mol. The van der Waals surface area contributed by atoms with E-state index < -0.39 is 33.0 Å². The second-order valence-electron chi connectivity index (χ2n) is 8.58. The Labute approximate surface area is 231 Å². The molecule has 3 heterocycles. The van der Waals surface area contributed by atoms with E-state index in [0.29, 0.717) is 20.8 Å². The van der Waals surface area contributed by atoms with E-state index in [1.54, 1.807) is 18.3 Å². The molecule has 0 bridgehead atoms. The first-order valence-corrected chi connectivity index (χ1v) is 14.9. The highest BCUT2D eigenvalue weighted by Gasteiger charge is 2.53. The Kier molecular flexibility index (Phi) is 7.19. The zero-order valence-corrected chi connectivity index (χ0v) is 23.2. The van der Waals surface area contributed by atoms with Crippen molar-refractivity contribution in [3.05, 3.63) is 104 Å². The lowest BCUT2D eigenvalue weighted by Gasteiger charge is -2.35. The summed E-state index contributed by atoms with van der Waals surface area (Å²) in [5, 5.41) is -2.65. The number of halogens is 3. The lowest BCUT2D eigenvalue weighted by Crippen LogP contribution is -2.53. The first kappa shape index (κ1) is 26.0. The highest BCUT2D eigenvalue weighted by molar-refractivity contribution is 9.10. The van der Waals surface area contributed by atoms with Gasteiger partial charge in [-0.15, -0.1) is 11.3 Å². The second kappa shape index (κ2) is 10.2. The number of pyridine rings is 1. The number of hydrogen-bond acceptors (Lipinski definition) is 6. The summed E-state index contributed by atoms with van der Waals surface area (Å²) < 4.78 is 42.9. The van der Waals surface area contributed by atoms with Gasteiger partial charge in [-0.05, 0) is 51.8 Å².